The number of imide groups is 2. The van der Waals surface area contributed by atoms with Crippen molar-refractivity contribution >= 4 is 39.9 Å². The number of rotatable bonds is 6. The first-order valence-corrected chi connectivity index (χ1v) is 9.09. The van der Waals surface area contributed by atoms with Gasteiger partial charge in [-0.3, -0.25) is 19.8 Å². The third kappa shape index (κ3) is 4.33. The number of nitrogens with one attached hydrogen (secondary N) is 1. The Morgan fingerprint density at radius 2 is 2.10 bits per heavy atom. The van der Waals surface area contributed by atoms with Crippen LogP contribution in [-0.2, 0) is 16.1 Å². The summed E-state index contributed by atoms with van der Waals surface area (Å²) in [6, 6.07) is 5.63. The molecule has 0 saturated carbocycles. The summed E-state index contributed by atoms with van der Waals surface area (Å²) in [6.45, 7) is -0.0559. The normalized spacial score (nSPS) is 15.3. The van der Waals surface area contributed by atoms with E-state index in [0.717, 1.165) is 4.90 Å². The highest BCUT2D eigenvalue weighted by atomic mass is 79.9. The van der Waals surface area contributed by atoms with Crippen LogP contribution in [0.4, 0.5) is 4.79 Å². The van der Waals surface area contributed by atoms with E-state index in [9.17, 15) is 14.4 Å². The molecule has 0 radical (unpaired) electrons. The minimum atomic E-state index is -0.816. The van der Waals surface area contributed by atoms with Crippen LogP contribution in [0.5, 0.6) is 11.5 Å². The second-order valence-electron chi connectivity index (χ2n) is 5.81. The molecule has 3 rings (SSSR count). The number of carbonyl (C=O) groups is 3. The largest absolute Gasteiger partial charge is 0.493 e. The summed E-state index contributed by atoms with van der Waals surface area (Å²) < 4.78 is 16.4. The Balaban J connectivity index is 1.95. The number of hydrogen-bond acceptors (Lipinski definition) is 6. The maximum atomic E-state index is 12.8. The molecule has 29 heavy (non-hydrogen) atoms. The van der Waals surface area contributed by atoms with Crippen molar-refractivity contribution in [3.63, 3.8) is 0 Å². The van der Waals surface area contributed by atoms with Gasteiger partial charge in [0.25, 0.3) is 11.8 Å². The molecule has 0 spiro atoms. The maximum Gasteiger partial charge on any atom is 0.331 e. The number of ether oxygens (including phenoxy) is 2. The van der Waals surface area contributed by atoms with Crippen LogP contribution in [0, 0.1) is 12.3 Å². The van der Waals surface area contributed by atoms with Gasteiger partial charge in [-0.1, -0.05) is 21.9 Å². The van der Waals surface area contributed by atoms with Crippen molar-refractivity contribution in [2.75, 3.05) is 13.7 Å². The fourth-order valence-electron chi connectivity index (χ4n) is 2.60. The average Bonchev–Trinajstić information content (AvgIpc) is 3.21. The molecular weight excluding hydrogens is 444 g/mol. The third-order valence-corrected chi connectivity index (χ3v) is 4.66. The molecule has 0 bridgehead atoms. The first kappa shape index (κ1) is 20.2. The molecule has 0 aliphatic carbocycles. The van der Waals surface area contributed by atoms with E-state index < -0.39 is 17.8 Å². The molecule has 2 aromatic rings. The summed E-state index contributed by atoms with van der Waals surface area (Å²) in [5.74, 6) is 1.98. The summed E-state index contributed by atoms with van der Waals surface area (Å²) in [6.07, 6.45) is 7.99. The molecule has 0 unspecified atom stereocenters. The summed E-state index contributed by atoms with van der Waals surface area (Å²) in [5, 5.41) is 2.15. The number of furan rings is 1. The van der Waals surface area contributed by atoms with E-state index in [1.54, 1.807) is 24.3 Å². The van der Waals surface area contributed by atoms with E-state index in [-0.39, 0.29) is 18.7 Å². The lowest BCUT2D eigenvalue weighted by molar-refractivity contribution is -0.130. The van der Waals surface area contributed by atoms with Gasteiger partial charge in [-0.05, 0) is 35.9 Å². The number of carbonyl (C=O) groups excluding carboxylic acids is 3. The molecule has 1 aromatic heterocycles. The second kappa shape index (κ2) is 8.67. The van der Waals surface area contributed by atoms with Gasteiger partial charge in [0.2, 0.25) is 0 Å². The molecule has 4 amide bonds. The number of halogens is 1. The van der Waals surface area contributed by atoms with Crippen molar-refractivity contribution < 1.29 is 28.3 Å². The van der Waals surface area contributed by atoms with Crippen molar-refractivity contribution in [1.29, 1.82) is 0 Å². The average molecular weight is 459 g/mol. The van der Waals surface area contributed by atoms with Crippen LogP contribution in [0.1, 0.15) is 11.3 Å². The molecule has 1 aromatic carbocycles. The fourth-order valence-corrected chi connectivity index (χ4v) is 3.04. The molecule has 1 N–H and O–H groups in total. The van der Waals surface area contributed by atoms with Gasteiger partial charge in [0.15, 0.2) is 11.5 Å². The smallest absolute Gasteiger partial charge is 0.331 e. The molecule has 2 heterocycles. The SMILES string of the molecule is C#CCOc1cc(Br)c(/C=C2\C(=O)NC(=O)N(Cc3ccco3)C2=O)cc1OC. The monoisotopic (exact) mass is 458 g/mol. The molecule has 1 aliphatic rings. The Labute approximate surface area is 174 Å². The lowest BCUT2D eigenvalue weighted by atomic mass is 10.1. The van der Waals surface area contributed by atoms with E-state index in [2.05, 4.69) is 27.2 Å². The number of barbiturate groups is 1. The topological polar surface area (TPSA) is 98.1 Å². The van der Waals surface area contributed by atoms with Crippen molar-refractivity contribution in [1.82, 2.24) is 10.2 Å². The lowest BCUT2D eigenvalue weighted by Crippen LogP contribution is -2.53. The van der Waals surface area contributed by atoms with Crippen molar-refractivity contribution in [3.8, 4) is 23.8 Å². The highest BCUT2D eigenvalue weighted by Gasteiger charge is 2.36. The zero-order valence-electron chi connectivity index (χ0n) is 15.2. The van der Waals surface area contributed by atoms with Gasteiger partial charge in [0.1, 0.15) is 17.9 Å². The molecule has 1 saturated heterocycles. The Hall–Kier alpha value is -3.51. The number of urea groups is 1. The number of amides is 4. The molecule has 1 aliphatic heterocycles. The van der Waals surface area contributed by atoms with Gasteiger partial charge in [-0.15, -0.1) is 6.42 Å². The third-order valence-electron chi connectivity index (χ3n) is 3.97. The van der Waals surface area contributed by atoms with Crippen LogP contribution < -0.4 is 14.8 Å². The fraction of sp³-hybridized carbons (Fsp3) is 0.150. The van der Waals surface area contributed by atoms with Gasteiger partial charge >= 0.3 is 6.03 Å². The van der Waals surface area contributed by atoms with E-state index in [4.69, 9.17) is 20.3 Å². The van der Waals surface area contributed by atoms with Crippen LogP contribution in [-0.4, -0.2) is 36.5 Å². The Kier molecular flexibility index (Phi) is 6.04. The quantitative estimate of drug-likeness (QED) is 0.406. The van der Waals surface area contributed by atoms with Gasteiger partial charge in [-0.2, -0.15) is 0 Å². The Morgan fingerprint density at radius 1 is 1.31 bits per heavy atom. The number of nitrogens with zero attached hydrogens (tertiary/aromatic N) is 1. The molecule has 1 fully saturated rings. The second-order valence-corrected chi connectivity index (χ2v) is 6.66. The van der Waals surface area contributed by atoms with E-state index in [0.29, 0.717) is 27.3 Å². The van der Waals surface area contributed by atoms with Crippen LogP contribution >= 0.6 is 15.9 Å². The molecule has 0 atom stereocenters. The number of terminal acetylenes is 1. The standard InChI is InChI=1S/C20H15BrN2O6/c1-3-6-29-17-10-15(21)12(9-16(17)27-2)8-14-18(24)22-20(26)23(19(14)25)11-13-5-4-7-28-13/h1,4-5,7-10H,6,11H2,2H3,(H,22,24,26)/b14-8+. The number of benzene rings is 1. The summed E-state index contributed by atoms with van der Waals surface area (Å²) in [7, 11) is 1.45. The summed E-state index contributed by atoms with van der Waals surface area (Å²) in [4.78, 5) is 38.1. The number of methoxy groups -OCH3 is 1. The highest BCUT2D eigenvalue weighted by molar-refractivity contribution is 9.10. The first-order valence-electron chi connectivity index (χ1n) is 8.29. The summed E-state index contributed by atoms with van der Waals surface area (Å²) >= 11 is 3.37. The predicted octanol–water partition coefficient (Wildman–Crippen LogP) is 2.72. The molecular formula is C20H15BrN2O6. The minimum Gasteiger partial charge on any atom is -0.493 e. The molecule has 9 heteroatoms. The summed E-state index contributed by atoms with van der Waals surface area (Å²) in [5.41, 5.74) is 0.261. The molecule has 8 nitrogen and oxygen atoms in total. The predicted molar refractivity (Wildman–Crippen MR) is 106 cm³/mol. The van der Waals surface area contributed by atoms with Gasteiger partial charge in [-0.25, -0.2) is 4.79 Å². The minimum absolute atomic E-state index is 0.0496. The van der Waals surface area contributed by atoms with E-state index in [1.165, 1.54) is 19.4 Å². The molecule has 148 valence electrons. The highest BCUT2D eigenvalue weighted by Crippen LogP contribution is 2.35. The zero-order chi connectivity index (χ0) is 21.0. The van der Waals surface area contributed by atoms with Crippen molar-refractivity contribution in [2.24, 2.45) is 0 Å². The van der Waals surface area contributed by atoms with Crippen LogP contribution in [0.15, 0.2) is 45.0 Å². The van der Waals surface area contributed by atoms with E-state index in [1.807, 2.05) is 0 Å². The van der Waals surface area contributed by atoms with Gasteiger partial charge in [0.05, 0.1) is 19.9 Å². The van der Waals surface area contributed by atoms with Crippen LogP contribution in [0.3, 0.4) is 0 Å². The lowest BCUT2D eigenvalue weighted by Gasteiger charge is -2.25. The Bertz CT molecular complexity index is 1040. The first-order chi connectivity index (χ1) is 13.9. The maximum absolute atomic E-state index is 12.8. The van der Waals surface area contributed by atoms with Crippen molar-refractivity contribution in [2.45, 2.75) is 6.54 Å². The number of hydrogen-bond donors (Lipinski definition) is 1. The van der Waals surface area contributed by atoms with Crippen LogP contribution in [0.2, 0.25) is 0 Å². The zero-order valence-corrected chi connectivity index (χ0v) is 16.8. The van der Waals surface area contributed by atoms with Gasteiger partial charge < -0.3 is 13.9 Å². The van der Waals surface area contributed by atoms with E-state index >= 15 is 0 Å². The van der Waals surface area contributed by atoms with Crippen molar-refractivity contribution in [3.05, 3.63) is 51.9 Å². The Morgan fingerprint density at radius 3 is 2.76 bits per heavy atom. The van der Waals surface area contributed by atoms with Crippen LogP contribution in [0.25, 0.3) is 6.08 Å². The van der Waals surface area contributed by atoms with Gasteiger partial charge in [0, 0.05) is 4.47 Å².